The van der Waals surface area contributed by atoms with Crippen molar-refractivity contribution in [3.05, 3.63) is 23.5 Å². The first-order valence-corrected chi connectivity index (χ1v) is 7.92. The Bertz CT molecular complexity index is 387. The molecule has 2 aliphatic rings. The first-order chi connectivity index (χ1) is 9.25. The molecule has 2 rings (SSSR count). The van der Waals surface area contributed by atoms with E-state index in [1.165, 1.54) is 0 Å². The minimum Gasteiger partial charge on any atom is -0.656 e. The summed E-state index contributed by atoms with van der Waals surface area (Å²) in [7, 11) is 0. The number of ketones is 1. The summed E-state index contributed by atoms with van der Waals surface area (Å²) in [6.45, 7) is 16.6. The number of piperidine rings is 2. The molecule has 0 aromatic heterocycles. The van der Waals surface area contributed by atoms with Gasteiger partial charge in [-0.15, -0.1) is 0 Å². The average molecular weight is 548 g/mol. The third-order valence-corrected chi connectivity index (χ3v) is 3.87. The summed E-state index contributed by atoms with van der Waals surface area (Å²) in [4.78, 5) is 11.3. The predicted octanol–water partition coefficient (Wildman–Crippen LogP) is -0.987. The molecule has 25 heavy (non-hydrogen) atoms. The number of rotatable bonds is 0. The molecule has 2 radical (unpaired) electrons. The Labute approximate surface area is 292 Å². The maximum atomic E-state index is 11.3. The minimum absolute atomic E-state index is 0. The van der Waals surface area contributed by atoms with Crippen LogP contribution in [-0.4, -0.2) is 27.9 Å². The van der Waals surface area contributed by atoms with Crippen molar-refractivity contribution in [2.24, 2.45) is 0 Å². The van der Waals surface area contributed by atoms with Crippen molar-refractivity contribution < 1.29 is 173 Å². The van der Waals surface area contributed by atoms with Gasteiger partial charge in [0.05, 0.1) is 0 Å². The minimum atomic E-state index is -0.498. The molecule has 2 heterocycles. The summed E-state index contributed by atoms with van der Waals surface area (Å²) < 4.78 is 0. The summed E-state index contributed by atoms with van der Waals surface area (Å²) in [5.41, 5.74) is -0.192. The molecule has 0 atom stereocenters. The molecule has 0 spiro atoms. The van der Waals surface area contributed by atoms with Gasteiger partial charge >= 0.3 is 103 Å². The topological polar surface area (TPSA) is 45.3 Å². The standard InChI is InChI=1S/C9H15NO.C9H17N.2K.2Y/c1-8(2)6-5-7(11)9(3,4)10-8;1-8(2)6-5-7-9(3,4)10-8;;;;/h5H,6H2,1-4H3;5H,6-7H2,1-4H3;;;;/q2*-2;2*+1;;. The van der Waals surface area contributed by atoms with Crippen LogP contribution >= 0.6 is 0 Å². The van der Waals surface area contributed by atoms with E-state index in [2.05, 4.69) is 53.3 Å². The normalized spacial score (nSPS) is 24.2. The summed E-state index contributed by atoms with van der Waals surface area (Å²) in [6.07, 6.45) is 7.15. The van der Waals surface area contributed by atoms with Gasteiger partial charge in [0.2, 0.25) is 0 Å². The van der Waals surface area contributed by atoms with E-state index in [1.54, 1.807) is 6.42 Å². The number of carbonyl (C=O) groups excluding carboxylic acids is 1. The van der Waals surface area contributed by atoms with E-state index in [1.807, 2.05) is 13.8 Å². The van der Waals surface area contributed by atoms with Crippen LogP contribution in [0.4, 0.5) is 0 Å². The van der Waals surface area contributed by atoms with Crippen LogP contribution in [-0.2, 0) is 70.2 Å². The molecule has 0 aromatic rings. The van der Waals surface area contributed by atoms with Crippen LogP contribution < -0.4 is 103 Å². The Morgan fingerprint density at radius 1 is 0.720 bits per heavy atom. The quantitative estimate of drug-likeness (QED) is 0.284. The summed E-state index contributed by atoms with van der Waals surface area (Å²) >= 11 is 0. The number of nitrogens with zero attached hydrogens (tertiary/aromatic N) is 2. The molecule has 0 aromatic carbocycles. The van der Waals surface area contributed by atoms with Gasteiger partial charge < -0.3 is 28.3 Å². The van der Waals surface area contributed by atoms with Crippen molar-refractivity contribution in [2.45, 2.75) is 96.8 Å². The zero-order valence-corrected chi connectivity index (χ0v) is 30.2. The molecule has 2 saturated heterocycles. The van der Waals surface area contributed by atoms with Crippen LogP contribution in [0.2, 0.25) is 0 Å². The van der Waals surface area contributed by atoms with E-state index in [4.69, 9.17) is 5.32 Å². The zero-order valence-electron chi connectivity index (χ0n) is 18.2. The smallest absolute Gasteiger partial charge is 0.656 e. The molecule has 2 aliphatic heterocycles. The van der Waals surface area contributed by atoms with Gasteiger partial charge in [0.1, 0.15) is 0 Å². The Morgan fingerprint density at radius 2 is 1.08 bits per heavy atom. The number of hydrogen-bond acceptors (Lipinski definition) is 1. The monoisotopic (exact) mass is 548 g/mol. The second kappa shape index (κ2) is 14.9. The first-order valence-electron chi connectivity index (χ1n) is 7.92. The van der Waals surface area contributed by atoms with Gasteiger partial charge in [-0.1, -0.05) is 60.9 Å². The molecular weight excluding hydrogens is 516 g/mol. The van der Waals surface area contributed by atoms with Gasteiger partial charge in [-0.2, -0.15) is 35.9 Å². The van der Waals surface area contributed by atoms with E-state index in [0.717, 1.165) is 19.3 Å². The van der Waals surface area contributed by atoms with Crippen molar-refractivity contribution in [2.75, 3.05) is 0 Å². The van der Waals surface area contributed by atoms with Crippen LogP contribution in [0.25, 0.3) is 10.6 Å². The van der Waals surface area contributed by atoms with Gasteiger partial charge in [0.25, 0.3) is 0 Å². The van der Waals surface area contributed by atoms with Crippen LogP contribution in [0.1, 0.15) is 74.7 Å². The fraction of sp³-hybridized carbons (Fsp3) is 0.833. The summed E-state index contributed by atoms with van der Waals surface area (Å²) in [5.74, 6) is 0.150. The van der Waals surface area contributed by atoms with E-state index in [9.17, 15) is 4.79 Å². The molecule has 7 heteroatoms. The van der Waals surface area contributed by atoms with Crippen LogP contribution in [0, 0.1) is 12.8 Å². The molecular formula is C18H32K2N2OY2-2. The van der Waals surface area contributed by atoms with Gasteiger partial charge in [-0.3, -0.25) is 0 Å². The molecule has 0 unspecified atom stereocenters. The molecule has 130 valence electrons. The Morgan fingerprint density at radius 3 is 1.32 bits per heavy atom. The molecule has 0 bridgehead atoms. The second-order valence-electron chi connectivity index (χ2n) is 8.69. The largest absolute Gasteiger partial charge is 1.00 e. The number of Topliss-reactive ketones (excluding diaryl/α,β-unsaturated/α-hetero) is 1. The van der Waals surface area contributed by atoms with Gasteiger partial charge in [-0.05, 0) is 5.78 Å². The molecule has 0 saturated carbocycles. The maximum Gasteiger partial charge on any atom is 1.00 e. The van der Waals surface area contributed by atoms with Crippen LogP contribution in [0.3, 0.4) is 0 Å². The van der Waals surface area contributed by atoms with Crippen LogP contribution in [0.5, 0.6) is 0 Å². The molecule has 2 fully saturated rings. The Balaban J connectivity index is -0.000000152. The van der Waals surface area contributed by atoms with Crippen molar-refractivity contribution in [3.8, 4) is 0 Å². The van der Waals surface area contributed by atoms with E-state index in [0.29, 0.717) is 0 Å². The molecule has 3 nitrogen and oxygen atoms in total. The molecule has 0 N–H and O–H groups in total. The number of hydrogen-bond donors (Lipinski definition) is 0. The second-order valence-corrected chi connectivity index (χ2v) is 8.69. The summed E-state index contributed by atoms with van der Waals surface area (Å²) in [5, 5.41) is 9.16. The van der Waals surface area contributed by atoms with E-state index in [-0.39, 0.29) is 191 Å². The summed E-state index contributed by atoms with van der Waals surface area (Å²) in [6, 6.07) is 0. The van der Waals surface area contributed by atoms with Gasteiger partial charge in [-0.25, -0.2) is 0 Å². The fourth-order valence-corrected chi connectivity index (χ4v) is 3.14. The van der Waals surface area contributed by atoms with Crippen LogP contribution in [0.15, 0.2) is 0 Å². The SMILES string of the molecule is CC1(C)C[CH-]C(=O)C(C)(C)[N-]1.CC1(C)C[CH-]CC(C)(C)[N-]1.[K+].[K+].[Y].[Y]. The van der Waals surface area contributed by atoms with Crippen molar-refractivity contribution in [1.29, 1.82) is 0 Å². The average Bonchev–Trinajstić information content (AvgIpc) is 2.20. The Hall–Kier alpha value is 4.94. The van der Waals surface area contributed by atoms with Gasteiger partial charge in [0, 0.05) is 65.4 Å². The number of carbonyl (C=O) groups is 1. The van der Waals surface area contributed by atoms with Crippen molar-refractivity contribution >= 4 is 5.78 Å². The van der Waals surface area contributed by atoms with Crippen molar-refractivity contribution in [3.63, 3.8) is 0 Å². The third kappa shape index (κ3) is 15.4. The third-order valence-electron chi connectivity index (χ3n) is 3.87. The van der Waals surface area contributed by atoms with Gasteiger partial charge in [0.15, 0.2) is 0 Å². The Kier molecular flexibility index (Phi) is 22.2. The molecule has 0 aliphatic carbocycles. The predicted molar refractivity (Wildman–Crippen MR) is 90.5 cm³/mol. The van der Waals surface area contributed by atoms with E-state index < -0.39 is 5.54 Å². The van der Waals surface area contributed by atoms with Crippen molar-refractivity contribution in [1.82, 2.24) is 0 Å². The first kappa shape index (κ1) is 37.3. The fourth-order valence-electron chi connectivity index (χ4n) is 3.14. The maximum absolute atomic E-state index is 11.3. The molecule has 0 amide bonds. The van der Waals surface area contributed by atoms with E-state index >= 15 is 0 Å². The zero-order chi connectivity index (χ0) is 16.5.